The van der Waals surface area contributed by atoms with Crippen molar-refractivity contribution < 1.29 is 0 Å². The van der Waals surface area contributed by atoms with Gasteiger partial charge in [0.1, 0.15) is 0 Å². The van der Waals surface area contributed by atoms with Gasteiger partial charge in [-0.25, -0.2) is 0 Å². The Kier molecular flexibility index (Phi) is 6.31. The molecule has 1 aromatic heterocycles. The van der Waals surface area contributed by atoms with Crippen molar-refractivity contribution in [2.24, 2.45) is 5.73 Å². The fourth-order valence-corrected chi connectivity index (χ4v) is 2.72. The monoisotopic (exact) mass is 261 g/mol. The second-order valence-electron chi connectivity index (χ2n) is 3.99. The molecule has 1 fully saturated rings. The van der Waals surface area contributed by atoms with Crippen LogP contribution in [0.3, 0.4) is 0 Å². The minimum absolute atomic E-state index is 0. The molecule has 0 radical (unpaired) electrons. The van der Waals surface area contributed by atoms with Crippen LogP contribution in [0, 0.1) is 0 Å². The van der Waals surface area contributed by atoms with Crippen molar-refractivity contribution >= 4 is 23.7 Å². The summed E-state index contributed by atoms with van der Waals surface area (Å²) in [7, 11) is 0. The molecule has 92 valence electrons. The molecule has 1 aliphatic heterocycles. The Bertz CT molecular complexity index is 271. The third-order valence-electron chi connectivity index (χ3n) is 2.87. The number of halogens is 1. The highest BCUT2D eigenvalue weighted by Gasteiger charge is 2.16. The van der Waals surface area contributed by atoms with Gasteiger partial charge in [-0.1, -0.05) is 6.07 Å². The number of hydrogen-bond acceptors (Lipinski definition) is 4. The molecular formula is C11H20ClN3S. The molecule has 0 bridgehead atoms. The van der Waals surface area contributed by atoms with Gasteiger partial charge in [0.2, 0.25) is 0 Å². The molecule has 0 unspecified atom stereocenters. The second-order valence-corrected chi connectivity index (χ2v) is 5.02. The fraction of sp³-hybridized carbons (Fsp3) is 0.636. The first-order valence-electron chi connectivity index (χ1n) is 5.55. The second kappa shape index (κ2) is 7.25. The largest absolute Gasteiger partial charge is 0.329 e. The molecule has 16 heavy (non-hydrogen) atoms. The highest BCUT2D eigenvalue weighted by Crippen LogP contribution is 2.13. The van der Waals surface area contributed by atoms with Crippen molar-refractivity contribution in [3.05, 3.63) is 22.4 Å². The van der Waals surface area contributed by atoms with Crippen LogP contribution < -0.4 is 5.73 Å². The Balaban J connectivity index is 0.00000128. The molecule has 0 atom stereocenters. The average molecular weight is 262 g/mol. The molecule has 0 spiro atoms. The van der Waals surface area contributed by atoms with Crippen LogP contribution in [0.4, 0.5) is 0 Å². The molecule has 2 rings (SSSR count). The van der Waals surface area contributed by atoms with Gasteiger partial charge in [-0.3, -0.25) is 9.80 Å². The third kappa shape index (κ3) is 4.03. The first kappa shape index (κ1) is 13.9. The van der Waals surface area contributed by atoms with Crippen LogP contribution in [-0.4, -0.2) is 49.1 Å². The zero-order valence-corrected chi connectivity index (χ0v) is 11.1. The zero-order chi connectivity index (χ0) is 10.5. The van der Waals surface area contributed by atoms with Crippen LogP contribution in [-0.2, 0) is 6.54 Å². The predicted molar refractivity (Wildman–Crippen MR) is 72.3 cm³/mol. The lowest BCUT2D eigenvalue weighted by Gasteiger charge is -2.34. The molecule has 2 N–H and O–H groups in total. The standard InChI is InChI=1S/C11H19N3S.ClH/c12-3-4-13-5-7-14(8-6-13)10-11-2-1-9-15-11;/h1-2,9H,3-8,10,12H2;1H. The molecule has 1 saturated heterocycles. The van der Waals surface area contributed by atoms with Gasteiger partial charge in [-0.15, -0.1) is 23.7 Å². The molecule has 2 heterocycles. The number of rotatable bonds is 4. The minimum atomic E-state index is 0. The minimum Gasteiger partial charge on any atom is -0.329 e. The summed E-state index contributed by atoms with van der Waals surface area (Å²) >= 11 is 1.85. The van der Waals surface area contributed by atoms with Gasteiger partial charge in [0.25, 0.3) is 0 Å². The van der Waals surface area contributed by atoms with Crippen molar-refractivity contribution in [3.8, 4) is 0 Å². The number of hydrogen-bond donors (Lipinski definition) is 1. The van der Waals surface area contributed by atoms with E-state index >= 15 is 0 Å². The molecule has 0 aromatic carbocycles. The lowest BCUT2D eigenvalue weighted by atomic mass is 10.3. The van der Waals surface area contributed by atoms with Gasteiger partial charge >= 0.3 is 0 Å². The molecule has 0 aliphatic carbocycles. The van der Waals surface area contributed by atoms with E-state index in [-0.39, 0.29) is 12.4 Å². The van der Waals surface area contributed by atoms with Crippen LogP contribution in [0.25, 0.3) is 0 Å². The van der Waals surface area contributed by atoms with Gasteiger partial charge in [0.15, 0.2) is 0 Å². The summed E-state index contributed by atoms with van der Waals surface area (Å²) in [5.74, 6) is 0. The van der Waals surface area contributed by atoms with E-state index in [9.17, 15) is 0 Å². The summed E-state index contributed by atoms with van der Waals surface area (Å²) in [5, 5.41) is 2.15. The maximum absolute atomic E-state index is 5.55. The van der Waals surface area contributed by atoms with Crippen molar-refractivity contribution in [2.45, 2.75) is 6.54 Å². The summed E-state index contributed by atoms with van der Waals surface area (Å²) < 4.78 is 0. The Morgan fingerprint density at radius 2 is 1.88 bits per heavy atom. The van der Waals surface area contributed by atoms with Gasteiger partial charge in [0.05, 0.1) is 0 Å². The molecular weight excluding hydrogens is 242 g/mol. The van der Waals surface area contributed by atoms with Gasteiger partial charge in [-0.2, -0.15) is 0 Å². The van der Waals surface area contributed by atoms with E-state index in [1.54, 1.807) is 0 Å². The maximum atomic E-state index is 5.55. The lowest BCUT2D eigenvalue weighted by molar-refractivity contribution is 0.130. The number of nitrogens with two attached hydrogens (primary N) is 1. The zero-order valence-electron chi connectivity index (χ0n) is 9.47. The highest BCUT2D eigenvalue weighted by molar-refractivity contribution is 7.09. The van der Waals surface area contributed by atoms with Gasteiger partial charge in [0, 0.05) is 50.7 Å². The third-order valence-corrected chi connectivity index (χ3v) is 3.73. The van der Waals surface area contributed by atoms with E-state index in [1.807, 2.05) is 11.3 Å². The Morgan fingerprint density at radius 1 is 1.19 bits per heavy atom. The van der Waals surface area contributed by atoms with Crippen LogP contribution in [0.2, 0.25) is 0 Å². The van der Waals surface area contributed by atoms with Gasteiger partial charge < -0.3 is 5.73 Å². The summed E-state index contributed by atoms with van der Waals surface area (Å²) in [6.45, 7) is 7.65. The van der Waals surface area contributed by atoms with E-state index < -0.39 is 0 Å². The topological polar surface area (TPSA) is 32.5 Å². The normalized spacial score (nSPS) is 18.3. The fourth-order valence-electron chi connectivity index (χ4n) is 1.98. The van der Waals surface area contributed by atoms with Crippen molar-refractivity contribution in [2.75, 3.05) is 39.3 Å². The number of thiophene rings is 1. The van der Waals surface area contributed by atoms with E-state index in [0.29, 0.717) is 0 Å². The lowest BCUT2D eigenvalue weighted by Crippen LogP contribution is -2.47. The SMILES string of the molecule is Cl.NCCN1CCN(Cc2cccs2)CC1. The smallest absolute Gasteiger partial charge is 0.0328 e. The van der Waals surface area contributed by atoms with Crippen LogP contribution in [0.15, 0.2) is 17.5 Å². The van der Waals surface area contributed by atoms with Gasteiger partial charge in [-0.05, 0) is 11.4 Å². The van der Waals surface area contributed by atoms with E-state index in [4.69, 9.17) is 5.73 Å². The maximum Gasteiger partial charge on any atom is 0.0328 e. The predicted octanol–water partition coefficient (Wildman–Crippen LogP) is 1.25. The van der Waals surface area contributed by atoms with Crippen molar-refractivity contribution in [1.82, 2.24) is 9.80 Å². The van der Waals surface area contributed by atoms with Crippen molar-refractivity contribution in [1.29, 1.82) is 0 Å². The quantitative estimate of drug-likeness (QED) is 0.886. The molecule has 1 aromatic rings. The van der Waals surface area contributed by atoms with E-state index in [0.717, 1.165) is 19.6 Å². The van der Waals surface area contributed by atoms with Crippen molar-refractivity contribution in [3.63, 3.8) is 0 Å². The Morgan fingerprint density at radius 3 is 2.44 bits per heavy atom. The number of nitrogens with zero attached hydrogens (tertiary/aromatic N) is 2. The molecule has 0 saturated carbocycles. The van der Waals surface area contributed by atoms with Crippen LogP contribution >= 0.6 is 23.7 Å². The van der Waals surface area contributed by atoms with E-state index in [2.05, 4.69) is 27.3 Å². The molecule has 1 aliphatic rings. The summed E-state index contributed by atoms with van der Waals surface area (Å²) in [5.41, 5.74) is 5.55. The first-order valence-corrected chi connectivity index (χ1v) is 6.43. The first-order chi connectivity index (χ1) is 7.38. The van der Waals surface area contributed by atoms with E-state index in [1.165, 1.54) is 31.1 Å². The molecule has 0 amide bonds. The number of piperazine rings is 1. The average Bonchev–Trinajstić information content (AvgIpc) is 2.74. The van der Waals surface area contributed by atoms with Crippen LogP contribution in [0.1, 0.15) is 4.88 Å². The summed E-state index contributed by atoms with van der Waals surface area (Å²) in [6.07, 6.45) is 0. The summed E-state index contributed by atoms with van der Waals surface area (Å²) in [6, 6.07) is 4.35. The highest BCUT2D eigenvalue weighted by atomic mass is 35.5. The Labute approximate surface area is 108 Å². The molecule has 5 heteroatoms. The summed E-state index contributed by atoms with van der Waals surface area (Å²) in [4.78, 5) is 6.45. The Hall–Kier alpha value is -0.130. The van der Waals surface area contributed by atoms with Crippen LogP contribution in [0.5, 0.6) is 0 Å². The molecule has 3 nitrogen and oxygen atoms in total.